The molecule has 1 aromatic rings. The minimum Gasteiger partial charge on any atom is -0.345 e. The molecular formula is C16H20N2O2S. The SMILES string of the molecule is CN1CC(C(=O)N2CCCC2C=Cc2cccs2)CC1=O. The van der Waals surface area contributed by atoms with Gasteiger partial charge in [-0.05, 0) is 30.4 Å². The lowest BCUT2D eigenvalue weighted by Crippen LogP contribution is -2.39. The van der Waals surface area contributed by atoms with Crippen LogP contribution in [0.5, 0.6) is 0 Å². The highest BCUT2D eigenvalue weighted by atomic mass is 32.1. The van der Waals surface area contributed by atoms with E-state index < -0.39 is 0 Å². The Morgan fingerprint density at radius 1 is 1.48 bits per heavy atom. The summed E-state index contributed by atoms with van der Waals surface area (Å²) < 4.78 is 0. The number of hydrogen-bond acceptors (Lipinski definition) is 3. The summed E-state index contributed by atoms with van der Waals surface area (Å²) in [4.78, 5) is 29.1. The van der Waals surface area contributed by atoms with Gasteiger partial charge in [-0.15, -0.1) is 11.3 Å². The Labute approximate surface area is 129 Å². The van der Waals surface area contributed by atoms with Crippen molar-refractivity contribution < 1.29 is 9.59 Å². The van der Waals surface area contributed by atoms with Crippen molar-refractivity contribution in [2.45, 2.75) is 25.3 Å². The summed E-state index contributed by atoms with van der Waals surface area (Å²) >= 11 is 1.70. The van der Waals surface area contributed by atoms with Crippen LogP contribution in [-0.2, 0) is 9.59 Å². The number of likely N-dealkylation sites (tertiary alicyclic amines) is 2. The summed E-state index contributed by atoms with van der Waals surface area (Å²) in [5.74, 6) is 0.0718. The summed E-state index contributed by atoms with van der Waals surface area (Å²) in [7, 11) is 1.77. The van der Waals surface area contributed by atoms with Crippen LogP contribution in [0.4, 0.5) is 0 Å². The van der Waals surface area contributed by atoms with Crippen molar-refractivity contribution in [1.29, 1.82) is 0 Å². The first-order chi connectivity index (χ1) is 10.1. The van der Waals surface area contributed by atoms with Crippen LogP contribution in [0, 0.1) is 5.92 Å². The second-order valence-electron chi connectivity index (χ2n) is 5.79. The van der Waals surface area contributed by atoms with Crippen molar-refractivity contribution in [3.63, 3.8) is 0 Å². The molecule has 2 atom stereocenters. The van der Waals surface area contributed by atoms with Gasteiger partial charge in [0, 0.05) is 31.4 Å². The average Bonchev–Trinajstić information content (AvgIpc) is 3.18. The van der Waals surface area contributed by atoms with Gasteiger partial charge >= 0.3 is 0 Å². The van der Waals surface area contributed by atoms with Crippen molar-refractivity contribution >= 4 is 29.2 Å². The largest absolute Gasteiger partial charge is 0.345 e. The number of thiophene rings is 1. The van der Waals surface area contributed by atoms with E-state index in [2.05, 4.69) is 23.6 Å². The maximum absolute atomic E-state index is 12.6. The van der Waals surface area contributed by atoms with Crippen LogP contribution in [0.15, 0.2) is 23.6 Å². The second kappa shape index (κ2) is 6.02. The van der Waals surface area contributed by atoms with Gasteiger partial charge in [-0.25, -0.2) is 0 Å². The smallest absolute Gasteiger partial charge is 0.228 e. The van der Waals surface area contributed by atoms with Crippen LogP contribution in [0.1, 0.15) is 24.1 Å². The average molecular weight is 304 g/mol. The molecule has 2 fully saturated rings. The second-order valence-corrected chi connectivity index (χ2v) is 6.77. The first-order valence-electron chi connectivity index (χ1n) is 7.41. The summed E-state index contributed by atoms with van der Waals surface area (Å²) in [6.45, 7) is 1.38. The summed E-state index contributed by atoms with van der Waals surface area (Å²) in [5.41, 5.74) is 0. The number of carbonyl (C=O) groups excluding carboxylic acids is 2. The van der Waals surface area contributed by atoms with E-state index in [0.29, 0.717) is 13.0 Å². The lowest BCUT2D eigenvalue weighted by atomic mass is 10.1. The highest BCUT2D eigenvalue weighted by molar-refractivity contribution is 7.10. The Hall–Kier alpha value is -1.62. The van der Waals surface area contributed by atoms with Gasteiger partial charge in [0.25, 0.3) is 0 Å². The predicted molar refractivity (Wildman–Crippen MR) is 83.8 cm³/mol. The van der Waals surface area contributed by atoms with E-state index in [9.17, 15) is 9.59 Å². The number of nitrogens with zero attached hydrogens (tertiary/aromatic N) is 2. The van der Waals surface area contributed by atoms with E-state index in [-0.39, 0.29) is 23.8 Å². The van der Waals surface area contributed by atoms with E-state index in [4.69, 9.17) is 0 Å². The molecule has 0 spiro atoms. The minimum atomic E-state index is -0.154. The van der Waals surface area contributed by atoms with Crippen molar-refractivity contribution in [3.05, 3.63) is 28.5 Å². The van der Waals surface area contributed by atoms with Crippen LogP contribution in [0.2, 0.25) is 0 Å². The molecule has 3 rings (SSSR count). The van der Waals surface area contributed by atoms with Gasteiger partial charge < -0.3 is 9.80 Å². The molecule has 2 unspecified atom stereocenters. The van der Waals surface area contributed by atoms with E-state index in [1.54, 1.807) is 23.3 Å². The monoisotopic (exact) mass is 304 g/mol. The van der Waals surface area contributed by atoms with Crippen LogP contribution in [0.3, 0.4) is 0 Å². The topological polar surface area (TPSA) is 40.6 Å². The molecule has 0 aliphatic carbocycles. The lowest BCUT2D eigenvalue weighted by molar-refractivity contribution is -0.135. The Morgan fingerprint density at radius 3 is 3.00 bits per heavy atom. The summed E-state index contributed by atoms with van der Waals surface area (Å²) in [5, 5.41) is 2.05. The van der Waals surface area contributed by atoms with E-state index in [1.807, 2.05) is 11.0 Å². The molecule has 5 heteroatoms. The van der Waals surface area contributed by atoms with E-state index >= 15 is 0 Å². The number of amides is 2. The molecule has 0 saturated carbocycles. The lowest BCUT2D eigenvalue weighted by Gasteiger charge is -2.25. The fraction of sp³-hybridized carbons (Fsp3) is 0.500. The number of rotatable bonds is 3. The zero-order valence-electron chi connectivity index (χ0n) is 12.2. The van der Waals surface area contributed by atoms with Crippen molar-refractivity contribution in [1.82, 2.24) is 9.80 Å². The maximum Gasteiger partial charge on any atom is 0.228 e. The molecule has 1 aromatic heterocycles. The summed E-state index contributed by atoms with van der Waals surface area (Å²) in [6.07, 6.45) is 6.67. The third kappa shape index (κ3) is 3.02. The Balaban J connectivity index is 1.66. The molecule has 2 saturated heterocycles. The molecular weight excluding hydrogens is 284 g/mol. The van der Waals surface area contributed by atoms with Crippen LogP contribution < -0.4 is 0 Å². The zero-order chi connectivity index (χ0) is 14.8. The fourth-order valence-electron chi connectivity index (χ4n) is 3.12. The highest BCUT2D eigenvalue weighted by Crippen LogP contribution is 2.26. The van der Waals surface area contributed by atoms with Gasteiger partial charge in [-0.3, -0.25) is 9.59 Å². The molecule has 2 aliphatic heterocycles. The van der Waals surface area contributed by atoms with E-state index in [1.165, 1.54) is 4.88 Å². The Morgan fingerprint density at radius 2 is 2.33 bits per heavy atom. The van der Waals surface area contributed by atoms with Gasteiger partial charge in [0.15, 0.2) is 0 Å². The quantitative estimate of drug-likeness (QED) is 0.859. The van der Waals surface area contributed by atoms with Crippen molar-refractivity contribution in [2.75, 3.05) is 20.1 Å². The Bertz CT molecular complexity index is 553. The molecule has 21 heavy (non-hydrogen) atoms. The van der Waals surface area contributed by atoms with Gasteiger partial charge in [0.05, 0.1) is 12.0 Å². The molecule has 0 aromatic carbocycles. The molecule has 2 amide bonds. The predicted octanol–water partition coefficient (Wildman–Crippen LogP) is 2.23. The maximum atomic E-state index is 12.6. The molecule has 2 aliphatic rings. The molecule has 0 N–H and O–H groups in total. The molecule has 0 bridgehead atoms. The number of carbonyl (C=O) groups is 2. The summed E-state index contributed by atoms with van der Waals surface area (Å²) in [6, 6.07) is 4.29. The molecule has 0 radical (unpaired) electrons. The highest BCUT2D eigenvalue weighted by Gasteiger charge is 2.37. The van der Waals surface area contributed by atoms with Crippen molar-refractivity contribution in [2.24, 2.45) is 5.92 Å². The normalized spacial score (nSPS) is 26.2. The molecule has 3 heterocycles. The van der Waals surface area contributed by atoms with E-state index in [0.717, 1.165) is 19.4 Å². The van der Waals surface area contributed by atoms with Gasteiger partial charge in [0.2, 0.25) is 11.8 Å². The molecule has 4 nitrogen and oxygen atoms in total. The fourth-order valence-corrected chi connectivity index (χ4v) is 3.75. The van der Waals surface area contributed by atoms with Crippen LogP contribution in [-0.4, -0.2) is 47.8 Å². The van der Waals surface area contributed by atoms with Gasteiger partial charge in [-0.2, -0.15) is 0 Å². The molecule has 112 valence electrons. The van der Waals surface area contributed by atoms with Crippen molar-refractivity contribution in [3.8, 4) is 0 Å². The first-order valence-corrected chi connectivity index (χ1v) is 8.29. The number of hydrogen-bond donors (Lipinski definition) is 0. The third-order valence-electron chi connectivity index (χ3n) is 4.30. The van der Waals surface area contributed by atoms with Crippen LogP contribution in [0.25, 0.3) is 6.08 Å². The zero-order valence-corrected chi connectivity index (χ0v) is 13.0. The minimum absolute atomic E-state index is 0.0817. The Kier molecular flexibility index (Phi) is 4.10. The van der Waals surface area contributed by atoms with Crippen LogP contribution >= 0.6 is 11.3 Å². The standard InChI is InChI=1S/C16H20N2O2S/c1-17-11-12(10-15(17)19)16(20)18-8-2-4-13(18)6-7-14-5-3-9-21-14/h3,5-7,9,12-13H,2,4,8,10-11H2,1H3. The van der Waals surface area contributed by atoms with Gasteiger partial charge in [-0.1, -0.05) is 12.1 Å². The first kappa shape index (κ1) is 14.3. The van der Waals surface area contributed by atoms with Gasteiger partial charge in [0.1, 0.15) is 0 Å². The third-order valence-corrected chi connectivity index (χ3v) is 5.14.